The van der Waals surface area contributed by atoms with Gasteiger partial charge in [0.15, 0.2) is 9.84 Å². The van der Waals surface area contributed by atoms with E-state index in [1.807, 2.05) is 66.7 Å². The average Bonchev–Trinajstić information content (AvgIpc) is 2.69. The van der Waals surface area contributed by atoms with E-state index in [4.69, 9.17) is 0 Å². The first kappa shape index (κ1) is 21.0. The van der Waals surface area contributed by atoms with E-state index in [-0.39, 0.29) is 5.75 Å². The topological polar surface area (TPSA) is 75.6 Å². The van der Waals surface area contributed by atoms with Crippen molar-refractivity contribution >= 4 is 37.4 Å². The summed E-state index contributed by atoms with van der Waals surface area (Å²) in [6.07, 6.45) is 0. The van der Waals surface area contributed by atoms with Crippen molar-refractivity contribution < 1.29 is 13.2 Å². The quantitative estimate of drug-likeness (QED) is 0.419. The van der Waals surface area contributed by atoms with Crippen LogP contribution in [0.15, 0.2) is 94.5 Å². The lowest BCUT2D eigenvalue weighted by atomic mass is 10.0. The van der Waals surface area contributed by atoms with E-state index in [0.717, 1.165) is 15.6 Å². The molecule has 0 spiro atoms. The number of hydrogen-bond acceptors (Lipinski definition) is 4. The Balaban J connectivity index is 1.74. The zero-order chi connectivity index (χ0) is 20.7. The monoisotopic (exact) mass is 470 g/mol. The lowest BCUT2D eigenvalue weighted by Gasteiger charge is -2.08. The molecule has 0 saturated heterocycles. The molecule has 0 bridgehead atoms. The maximum Gasteiger partial charge on any atom is 0.255 e. The Morgan fingerprint density at radius 3 is 2.00 bits per heavy atom. The van der Waals surface area contributed by atoms with Gasteiger partial charge in [-0.1, -0.05) is 88.7 Å². The highest BCUT2D eigenvalue weighted by molar-refractivity contribution is 9.10. The number of amides is 1. The van der Waals surface area contributed by atoms with E-state index in [2.05, 4.69) is 26.5 Å². The third-order valence-corrected chi connectivity index (χ3v) is 5.98. The minimum atomic E-state index is -3.63. The van der Waals surface area contributed by atoms with E-state index in [1.165, 1.54) is 0 Å². The van der Waals surface area contributed by atoms with E-state index >= 15 is 0 Å². The van der Waals surface area contributed by atoms with E-state index < -0.39 is 21.5 Å². The number of rotatable bonds is 7. The molecule has 1 amide bonds. The molecule has 5 nitrogen and oxygen atoms in total. The first-order chi connectivity index (χ1) is 13.9. The molecule has 1 N–H and O–H groups in total. The predicted molar refractivity (Wildman–Crippen MR) is 118 cm³/mol. The molecule has 0 aromatic heterocycles. The molecule has 0 saturated carbocycles. The van der Waals surface area contributed by atoms with Gasteiger partial charge in [-0.15, -0.1) is 0 Å². The van der Waals surface area contributed by atoms with Crippen molar-refractivity contribution in [3.05, 3.63) is 106 Å². The number of halogens is 1. The van der Waals surface area contributed by atoms with Crippen LogP contribution in [-0.2, 0) is 20.4 Å². The zero-order valence-electron chi connectivity index (χ0n) is 15.5. The summed E-state index contributed by atoms with van der Waals surface area (Å²) in [5.74, 6) is -1.53. The first-order valence-electron chi connectivity index (χ1n) is 8.85. The summed E-state index contributed by atoms with van der Waals surface area (Å²) in [6.45, 7) is 0. The van der Waals surface area contributed by atoms with Gasteiger partial charge in [-0.3, -0.25) is 4.79 Å². The molecule has 3 aromatic rings. The Labute approximate surface area is 178 Å². The van der Waals surface area contributed by atoms with Gasteiger partial charge in [0.25, 0.3) is 5.91 Å². The molecule has 3 aromatic carbocycles. The minimum Gasteiger partial charge on any atom is -0.272 e. The molecule has 0 unspecified atom stereocenters. The fraction of sp³-hybridized carbons (Fsp3) is 0.0909. The third kappa shape index (κ3) is 6.37. The SMILES string of the molecule is O=C(CS(=O)(=O)Cc1cccc(Br)c1)NN=C(c1ccccc1)c1ccccc1. The van der Waals surface area contributed by atoms with Crippen LogP contribution >= 0.6 is 15.9 Å². The molecular weight excluding hydrogens is 452 g/mol. The number of carbonyl (C=O) groups excluding carboxylic acids is 1. The number of nitrogens with one attached hydrogen (secondary N) is 1. The molecule has 0 atom stereocenters. The van der Waals surface area contributed by atoms with Gasteiger partial charge in [0, 0.05) is 15.6 Å². The van der Waals surface area contributed by atoms with Crippen LogP contribution in [0.2, 0.25) is 0 Å². The number of nitrogens with zero attached hydrogens (tertiary/aromatic N) is 1. The summed E-state index contributed by atoms with van der Waals surface area (Å²) in [5, 5.41) is 4.21. The molecule has 3 rings (SSSR count). The largest absolute Gasteiger partial charge is 0.272 e. The van der Waals surface area contributed by atoms with Crippen LogP contribution in [0.5, 0.6) is 0 Å². The van der Waals surface area contributed by atoms with Crippen LogP contribution in [-0.4, -0.2) is 25.8 Å². The second-order valence-electron chi connectivity index (χ2n) is 6.39. The number of hydrazone groups is 1. The Morgan fingerprint density at radius 1 is 0.862 bits per heavy atom. The van der Waals surface area contributed by atoms with Crippen molar-refractivity contribution in [2.45, 2.75) is 5.75 Å². The maximum atomic E-state index is 12.4. The Kier molecular flexibility index (Phi) is 6.95. The average molecular weight is 471 g/mol. The van der Waals surface area contributed by atoms with Crippen LogP contribution in [0.25, 0.3) is 0 Å². The Morgan fingerprint density at radius 2 is 1.45 bits per heavy atom. The first-order valence-corrected chi connectivity index (χ1v) is 11.5. The summed E-state index contributed by atoms with van der Waals surface area (Å²) in [4.78, 5) is 12.3. The second-order valence-corrected chi connectivity index (χ2v) is 9.37. The molecule has 148 valence electrons. The maximum absolute atomic E-state index is 12.4. The highest BCUT2D eigenvalue weighted by Gasteiger charge is 2.18. The molecule has 0 heterocycles. The standard InChI is InChI=1S/C22H19BrN2O3S/c23-20-13-7-8-17(14-20)15-29(27,28)16-21(26)24-25-22(18-9-3-1-4-10-18)19-11-5-2-6-12-19/h1-14H,15-16H2,(H,24,26). The van der Waals surface area contributed by atoms with Crippen molar-refractivity contribution in [2.75, 3.05) is 5.75 Å². The highest BCUT2D eigenvalue weighted by Crippen LogP contribution is 2.14. The third-order valence-electron chi connectivity index (χ3n) is 4.01. The molecular formula is C22H19BrN2O3S. The second kappa shape index (κ2) is 9.62. The van der Waals surface area contributed by atoms with Gasteiger partial charge in [-0.25, -0.2) is 13.8 Å². The molecule has 7 heteroatoms. The predicted octanol–water partition coefficient (Wildman–Crippen LogP) is 3.93. The Bertz CT molecular complexity index is 1070. The van der Waals surface area contributed by atoms with E-state index in [0.29, 0.717) is 11.3 Å². The lowest BCUT2D eigenvalue weighted by Crippen LogP contribution is -2.28. The molecule has 0 aliphatic rings. The molecule has 29 heavy (non-hydrogen) atoms. The van der Waals surface area contributed by atoms with Crippen LogP contribution < -0.4 is 5.43 Å². The summed E-state index contributed by atoms with van der Waals surface area (Å²) in [6, 6.07) is 25.8. The summed E-state index contributed by atoms with van der Waals surface area (Å²) >= 11 is 3.31. The van der Waals surface area contributed by atoms with E-state index in [9.17, 15) is 13.2 Å². The zero-order valence-corrected chi connectivity index (χ0v) is 17.9. The van der Waals surface area contributed by atoms with E-state index in [1.54, 1.807) is 18.2 Å². The molecule has 0 aliphatic carbocycles. The number of hydrogen-bond donors (Lipinski definition) is 1. The molecule has 0 fully saturated rings. The lowest BCUT2D eigenvalue weighted by molar-refractivity contribution is -0.118. The number of sulfone groups is 1. The molecule has 0 aliphatic heterocycles. The van der Waals surface area contributed by atoms with Gasteiger partial charge in [-0.2, -0.15) is 5.10 Å². The minimum absolute atomic E-state index is 0.214. The van der Waals surface area contributed by atoms with Crippen molar-refractivity contribution in [1.82, 2.24) is 5.43 Å². The van der Waals surface area contributed by atoms with Gasteiger partial charge in [-0.05, 0) is 17.7 Å². The number of carbonyl (C=O) groups is 1. The normalized spacial score (nSPS) is 10.9. The Hall–Kier alpha value is -2.77. The smallest absolute Gasteiger partial charge is 0.255 e. The summed E-state index contributed by atoms with van der Waals surface area (Å²) in [5.41, 5.74) is 5.20. The van der Waals surface area contributed by atoms with Crippen LogP contribution in [0.3, 0.4) is 0 Å². The number of benzene rings is 3. The van der Waals surface area contributed by atoms with Crippen molar-refractivity contribution in [3.8, 4) is 0 Å². The van der Waals surface area contributed by atoms with Gasteiger partial charge in [0.2, 0.25) is 0 Å². The van der Waals surface area contributed by atoms with Gasteiger partial charge >= 0.3 is 0 Å². The van der Waals surface area contributed by atoms with Gasteiger partial charge in [0.1, 0.15) is 5.75 Å². The summed E-state index contributed by atoms with van der Waals surface area (Å²) < 4.78 is 25.6. The van der Waals surface area contributed by atoms with Crippen molar-refractivity contribution in [2.24, 2.45) is 5.10 Å². The van der Waals surface area contributed by atoms with Crippen LogP contribution in [0, 0.1) is 0 Å². The van der Waals surface area contributed by atoms with Crippen LogP contribution in [0.1, 0.15) is 16.7 Å². The highest BCUT2D eigenvalue weighted by atomic mass is 79.9. The van der Waals surface area contributed by atoms with Gasteiger partial charge < -0.3 is 0 Å². The van der Waals surface area contributed by atoms with Gasteiger partial charge in [0.05, 0.1) is 11.5 Å². The van der Waals surface area contributed by atoms with Crippen molar-refractivity contribution in [3.63, 3.8) is 0 Å². The van der Waals surface area contributed by atoms with Crippen molar-refractivity contribution in [1.29, 1.82) is 0 Å². The fourth-order valence-corrected chi connectivity index (χ4v) is 4.47. The molecule has 0 radical (unpaired) electrons. The van der Waals surface area contributed by atoms with Crippen LogP contribution in [0.4, 0.5) is 0 Å². The summed E-state index contributed by atoms with van der Waals surface area (Å²) in [7, 11) is -3.63. The fourth-order valence-electron chi connectivity index (χ4n) is 2.77.